The molecule has 0 aliphatic heterocycles. The lowest BCUT2D eigenvalue weighted by Gasteiger charge is -2.41. The van der Waals surface area contributed by atoms with E-state index in [4.69, 9.17) is 18.5 Å². The first-order chi connectivity index (χ1) is 31.4. The number of hydrogen-bond acceptors (Lipinski definition) is 12. The van der Waals surface area contributed by atoms with Gasteiger partial charge in [-0.2, -0.15) is 0 Å². The molecule has 14 heteroatoms. The van der Waals surface area contributed by atoms with E-state index in [2.05, 4.69) is 74.6 Å². The Bertz CT molecular complexity index is 1410. The van der Waals surface area contributed by atoms with Gasteiger partial charge in [-0.3, -0.25) is 18.6 Å². The van der Waals surface area contributed by atoms with Crippen LogP contribution in [0.25, 0.3) is 0 Å². The largest absolute Gasteiger partial charge is 0.472 e. The predicted molar refractivity (Wildman–Crippen MR) is 258 cm³/mol. The van der Waals surface area contributed by atoms with E-state index >= 15 is 0 Å². The van der Waals surface area contributed by atoms with Crippen LogP contribution in [-0.2, 0) is 32.7 Å². The standard InChI is InChI=1S/C51H87O13P/c1-3-5-7-9-11-13-15-17-19-20-21-22-23-24-26-28-30-32-34-36-38-40-45(53)63-43(42-62-65(59,60)64-51-49(57)47(55)46(54)48(56)50(51)58)41-61-44(52)39-37-35-33-31-29-27-25-18-16-14-12-10-8-6-4-2/h12,14,18-20,22-23,25-26,28,32,34,43,46-51,54-58H,3-11,13,15-17,21,24,27,29-31,33,35-42H2,1-2H3,(H,59,60)/b14-12+,20-19+,23-22+,25-18+,28-26+,34-32+/t43-,46?,47-,48?,49?,50?,51?/m1/s1. The fourth-order valence-corrected chi connectivity index (χ4v) is 7.99. The normalized spacial score (nSPS) is 22.0. The lowest BCUT2D eigenvalue weighted by molar-refractivity contribution is -0.220. The number of aliphatic hydroxyl groups excluding tert-OH is 5. The molecule has 1 aliphatic rings. The summed E-state index contributed by atoms with van der Waals surface area (Å²) in [5.74, 6) is -1.19. The zero-order chi connectivity index (χ0) is 47.8. The summed E-state index contributed by atoms with van der Waals surface area (Å²) in [5.41, 5.74) is 0. The smallest absolute Gasteiger partial charge is 0.462 e. The van der Waals surface area contributed by atoms with E-state index in [0.29, 0.717) is 19.3 Å². The van der Waals surface area contributed by atoms with Crippen LogP contribution in [0, 0.1) is 0 Å². The van der Waals surface area contributed by atoms with Crippen molar-refractivity contribution in [1.29, 1.82) is 0 Å². The van der Waals surface area contributed by atoms with Crippen molar-refractivity contribution in [3.05, 3.63) is 72.9 Å². The van der Waals surface area contributed by atoms with E-state index in [9.17, 15) is 44.6 Å². The Balaban J connectivity index is 2.49. The number of esters is 2. The molecule has 0 aromatic carbocycles. The maximum atomic E-state index is 12.8. The molecule has 1 rings (SSSR count). The van der Waals surface area contributed by atoms with Gasteiger partial charge in [-0.05, 0) is 83.5 Å². The van der Waals surface area contributed by atoms with Crippen molar-refractivity contribution < 1.29 is 63.1 Å². The Hall–Kier alpha value is -2.71. The van der Waals surface area contributed by atoms with E-state index in [1.54, 1.807) is 0 Å². The van der Waals surface area contributed by atoms with E-state index in [1.807, 2.05) is 12.2 Å². The molecular weight excluding hydrogens is 852 g/mol. The Morgan fingerprint density at radius 1 is 0.477 bits per heavy atom. The fourth-order valence-electron chi connectivity index (χ4n) is 7.02. The second kappa shape index (κ2) is 40.4. The number of unbranched alkanes of at least 4 members (excludes halogenated alkanes) is 16. The van der Waals surface area contributed by atoms with E-state index in [0.717, 1.165) is 70.6 Å². The van der Waals surface area contributed by atoms with Crippen molar-refractivity contribution in [2.75, 3.05) is 13.2 Å². The molecule has 0 amide bonds. The predicted octanol–water partition coefficient (Wildman–Crippen LogP) is 10.3. The van der Waals surface area contributed by atoms with Gasteiger partial charge in [0.2, 0.25) is 0 Å². The Morgan fingerprint density at radius 2 is 0.846 bits per heavy atom. The van der Waals surface area contributed by atoms with Gasteiger partial charge in [0.05, 0.1) is 6.61 Å². The molecule has 0 bridgehead atoms. The van der Waals surface area contributed by atoms with Crippen LogP contribution in [-0.4, -0.2) is 98.3 Å². The maximum absolute atomic E-state index is 12.8. The van der Waals surface area contributed by atoms with Gasteiger partial charge in [-0.1, -0.05) is 157 Å². The molecule has 0 spiro atoms. The van der Waals surface area contributed by atoms with Gasteiger partial charge < -0.3 is 39.9 Å². The highest BCUT2D eigenvalue weighted by Crippen LogP contribution is 2.47. The average molecular weight is 939 g/mol. The highest BCUT2D eigenvalue weighted by atomic mass is 31.2. The molecule has 1 saturated carbocycles. The number of rotatable bonds is 40. The van der Waals surface area contributed by atoms with Gasteiger partial charge in [0, 0.05) is 12.8 Å². The third-order valence-corrected chi connectivity index (χ3v) is 12.0. The molecule has 6 N–H and O–H groups in total. The first-order valence-electron chi connectivity index (χ1n) is 24.7. The molecule has 374 valence electrons. The van der Waals surface area contributed by atoms with Gasteiger partial charge >= 0.3 is 19.8 Å². The third-order valence-electron chi connectivity index (χ3n) is 11.0. The molecule has 65 heavy (non-hydrogen) atoms. The summed E-state index contributed by atoms with van der Waals surface area (Å²) in [6.45, 7) is 3.21. The minimum Gasteiger partial charge on any atom is -0.462 e. The molecule has 0 aromatic heterocycles. The Labute approximate surface area is 391 Å². The van der Waals surface area contributed by atoms with Crippen LogP contribution in [0.4, 0.5) is 0 Å². The summed E-state index contributed by atoms with van der Waals surface area (Å²) in [6, 6.07) is 0. The Morgan fingerprint density at radius 3 is 1.34 bits per heavy atom. The number of carbonyl (C=O) groups is 2. The van der Waals surface area contributed by atoms with Crippen LogP contribution in [0.15, 0.2) is 72.9 Å². The quantitative estimate of drug-likeness (QED) is 0.0146. The number of hydrogen-bond donors (Lipinski definition) is 6. The van der Waals surface area contributed by atoms with E-state index in [-0.39, 0.29) is 12.8 Å². The van der Waals surface area contributed by atoms with Crippen molar-refractivity contribution in [3.8, 4) is 0 Å². The van der Waals surface area contributed by atoms with Crippen LogP contribution in [0.2, 0.25) is 0 Å². The zero-order valence-electron chi connectivity index (χ0n) is 39.8. The van der Waals surface area contributed by atoms with Crippen molar-refractivity contribution in [2.24, 2.45) is 0 Å². The lowest BCUT2D eigenvalue weighted by atomic mass is 9.85. The second-order valence-electron chi connectivity index (χ2n) is 17.0. The van der Waals surface area contributed by atoms with Gasteiger partial charge in [0.15, 0.2) is 6.10 Å². The molecular formula is C51H87O13P. The summed E-state index contributed by atoms with van der Waals surface area (Å²) in [4.78, 5) is 35.7. The molecule has 0 saturated heterocycles. The highest BCUT2D eigenvalue weighted by molar-refractivity contribution is 7.47. The monoisotopic (exact) mass is 939 g/mol. The number of allylic oxidation sites excluding steroid dienone is 12. The lowest BCUT2D eigenvalue weighted by Crippen LogP contribution is -2.64. The average Bonchev–Trinajstić information content (AvgIpc) is 3.29. The third kappa shape index (κ3) is 32.6. The number of phosphoric ester groups is 1. The molecule has 0 heterocycles. The molecule has 13 nitrogen and oxygen atoms in total. The van der Waals surface area contributed by atoms with Gasteiger partial charge in [-0.25, -0.2) is 4.57 Å². The molecule has 8 atom stereocenters. The molecule has 1 fully saturated rings. The van der Waals surface area contributed by atoms with Gasteiger partial charge in [0.25, 0.3) is 0 Å². The number of aliphatic hydroxyl groups is 5. The van der Waals surface area contributed by atoms with E-state index in [1.165, 1.54) is 64.2 Å². The number of ether oxygens (including phenoxy) is 2. The summed E-state index contributed by atoms with van der Waals surface area (Å²) in [7, 11) is -5.14. The van der Waals surface area contributed by atoms with Gasteiger partial charge in [-0.15, -0.1) is 0 Å². The Kier molecular flexibility index (Phi) is 37.5. The first kappa shape index (κ1) is 60.3. The molecule has 0 aromatic rings. The first-order valence-corrected chi connectivity index (χ1v) is 26.2. The van der Waals surface area contributed by atoms with Crippen molar-refractivity contribution in [1.82, 2.24) is 0 Å². The van der Waals surface area contributed by atoms with Gasteiger partial charge in [0.1, 0.15) is 43.2 Å². The minimum atomic E-state index is -5.14. The van der Waals surface area contributed by atoms with Crippen molar-refractivity contribution >= 4 is 19.8 Å². The summed E-state index contributed by atoms with van der Waals surface area (Å²) in [6.07, 6.45) is 38.1. The van der Waals surface area contributed by atoms with Crippen LogP contribution >= 0.6 is 7.82 Å². The topological polar surface area (TPSA) is 210 Å². The van der Waals surface area contributed by atoms with Crippen LogP contribution in [0.1, 0.15) is 181 Å². The van der Waals surface area contributed by atoms with E-state index < -0.39 is 75.7 Å². The summed E-state index contributed by atoms with van der Waals surface area (Å²) >= 11 is 0. The summed E-state index contributed by atoms with van der Waals surface area (Å²) < 4.78 is 33.5. The zero-order valence-corrected chi connectivity index (χ0v) is 40.7. The van der Waals surface area contributed by atoms with Crippen molar-refractivity contribution in [3.63, 3.8) is 0 Å². The second-order valence-corrected chi connectivity index (χ2v) is 18.4. The minimum absolute atomic E-state index is 0.0146. The fraction of sp³-hybridized carbons (Fsp3) is 0.725. The molecule has 0 radical (unpaired) electrons. The molecule has 1 aliphatic carbocycles. The van der Waals surface area contributed by atoms with Crippen LogP contribution in [0.5, 0.6) is 0 Å². The summed E-state index contributed by atoms with van der Waals surface area (Å²) in [5, 5.41) is 50.2. The van der Waals surface area contributed by atoms with Crippen LogP contribution in [0.3, 0.4) is 0 Å². The highest BCUT2D eigenvalue weighted by Gasteiger charge is 2.51. The SMILES string of the molecule is CCCCC/C=C/C/C=C/CCCCCCCC(=O)OC[C@H](COP(=O)(O)OC1C(O)C(O)C(O)[C@@H](O)C1O)OC(=O)CCC/C=C/C/C=C/C/C=C/C/C=C/CCCCCCCCC. The molecule has 6 unspecified atom stereocenters. The van der Waals surface area contributed by atoms with Crippen LogP contribution < -0.4 is 0 Å². The van der Waals surface area contributed by atoms with Crippen molar-refractivity contribution in [2.45, 2.75) is 224 Å². The number of phosphoric acid groups is 1. The maximum Gasteiger partial charge on any atom is 0.472 e. The number of carbonyl (C=O) groups excluding carboxylic acids is 2.